The van der Waals surface area contributed by atoms with E-state index in [4.69, 9.17) is 0 Å². The zero-order chi connectivity index (χ0) is 14.2. The number of carbonyl (C=O) groups is 1. The van der Waals surface area contributed by atoms with Crippen LogP contribution < -0.4 is 4.90 Å². The van der Waals surface area contributed by atoms with E-state index in [1.807, 2.05) is 6.07 Å². The van der Waals surface area contributed by atoms with E-state index < -0.39 is 9.84 Å². The second-order valence-corrected chi connectivity index (χ2v) is 6.74. The quantitative estimate of drug-likeness (QED) is 0.807. The van der Waals surface area contributed by atoms with Crippen LogP contribution in [-0.2, 0) is 9.84 Å². The monoisotopic (exact) mass is 287 g/mol. The van der Waals surface area contributed by atoms with Gasteiger partial charge in [0.1, 0.15) is 0 Å². The molecule has 0 N–H and O–H groups in total. The van der Waals surface area contributed by atoms with Gasteiger partial charge < -0.3 is 4.90 Å². The third kappa shape index (κ3) is 2.20. The SMILES string of the molecule is O=C(c1ccccc1)N1CCS(=O)(=O)c2ccc1cc2. The molecule has 2 heterocycles. The Morgan fingerprint density at radius 3 is 2.25 bits per heavy atom. The van der Waals surface area contributed by atoms with Crippen LogP contribution in [0, 0.1) is 0 Å². The molecule has 0 saturated carbocycles. The molecule has 2 aliphatic rings. The molecule has 2 aromatic carbocycles. The van der Waals surface area contributed by atoms with Crippen LogP contribution in [0.3, 0.4) is 0 Å². The number of rotatable bonds is 1. The highest BCUT2D eigenvalue weighted by Gasteiger charge is 2.25. The summed E-state index contributed by atoms with van der Waals surface area (Å²) < 4.78 is 24.1. The molecule has 4 nitrogen and oxygen atoms in total. The predicted molar refractivity (Wildman–Crippen MR) is 76.6 cm³/mol. The molecule has 20 heavy (non-hydrogen) atoms. The number of amides is 1. The van der Waals surface area contributed by atoms with Gasteiger partial charge >= 0.3 is 0 Å². The first-order chi connectivity index (χ1) is 9.58. The Hall–Kier alpha value is -2.14. The molecule has 0 fully saturated rings. The highest BCUT2D eigenvalue weighted by atomic mass is 32.2. The Bertz CT molecular complexity index is 736. The van der Waals surface area contributed by atoms with Crippen LogP contribution in [0.1, 0.15) is 10.4 Å². The predicted octanol–water partition coefficient (Wildman–Crippen LogP) is 2.12. The molecule has 0 saturated heterocycles. The number of hydrogen-bond acceptors (Lipinski definition) is 3. The second kappa shape index (κ2) is 4.76. The van der Waals surface area contributed by atoms with Crippen molar-refractivity contribution in [2.24, 2.45) is 0 Å². The first-order valence-corrected chi connectivity index (χ1v) is 7.93. The van der Waals surface area contributed by atoms with Crippen LogP contribution >= 0.6 is 0 Å². The van der Waals surface area contributed by atoms with Crippen LogP contribution in [0.15, 0.2) is 59.5 Å². The van der Waals surface area contributed by atoms with E-state index in [2.05, 4.69) is 0 Å². The molecule has 0 radical (unpaired) electrons. The van der Waals surface area contributed by atoms with Crippen molar-refractivity contribution in [3.63, 3.8) is 0 Å². The Labute approximate surface area is 117 Å². The fourth-order valence-corrected chi connectivity index (χ4v) is 3.46. The van der Waals surface area contributed by atoms with Crippen molar-refractivity contribution in [3.8, 4) is 0 Å². The van der Waals surface area contributed by atoms with E-state index >= 15 is 0 Å². The third-order valence-electron chi connectivity index (χ3n) is 3.36. The maximum absolute atomic E-state index is 12.5. The van der Waals surface area contributed by atoms with E-state index in [0.29, 0.717) is 10.5 Å². The van der Waals surface area contributed by atoms with Crippen molar-refractivity contribution in [2.75, 3.05) is 17.2 Å². The minimum atomic E-state index is -3.31. The summed E-state index contributed by atoms with van der Waals surface area (Å²) in [5.74, 6) is -0.241. The average Bonchev–Trinajstić information content (AvgIpc) is 2.47. The van der Waals surface area contributed by atoms with Crippen LogP contribution in [0.25, 0.3) is 0 Å². The average molecular weight is 287 g/mol. The number of nitrogens with zero attached hydrogens (tertiary/aromatic N) is 1. The normalized spacial score (nSPS) is 16.5. The zero-order valence-electron chi connectivity index (χ0n) is 10.7. The second-order valence-electron chi connectivity index (χ2n) is 4.64. The summed E-state index contributed by atoms with van der Waals surface area (Å²) in [6, 6.07) is 15.3. The van der Waals surface area contributed by atoms with Gasteiger partial charge in [-0.1, -0.05) is 18.2 Å². The van der Waals surface area contributed by atoms with Crippen molar-refractivity contribution >= 4 is 21.4 Å². The summed E-state index contributed by atoms with van der Waals surface area (Å²) in [6.07, 6.45) is 0. The number of hydrogen-bond donors (Lipinski definition) is 0. The summed E-state index contributed by atoms with van der Waals surface area (Å²) in [5, 5.41) is 0. The molecule has 1 amide bonds. The minimum Gasteiger partial charge on any atom is -0.307 e. The van der Waals surface area contributed by atoms with Gasteiger partial charge in [0.25, 0.3) is 5.91 Å². The maximum atomic E-state index is 12.5. The molecule has 0 aliphatic carbocycles. The Kier molecular flexibility index (Phi) is 3.06. The summed E-state index contributed by atoms with van der Waals surface area (Å²) >= 11 is 0. The van der Waals surface area contributed by atoms with Gasteiger partial charge in [-0.3, -0.25) is 4.79 Å². The summed E-state index contributed by atoms with van der Waals surface area (Å²) in [5.41, 5.74) is 1.27. The van der Waals surface area contributed by atoms with Gasteiger partial charge in [-0.05, 0) is 36.4 Å². The van der Waals surface area contributed by atoms with Gasteiger partial charge in [-0.2, -0.15) is 0 Å². The molecule has 0 unspecified atom stereocenters. The van der Waals surface area contributed by atoms with Crippen molar-refractivity contribution in [2.45, 2.75) is 4.90 Å². The lowest BCUT2D eigenvalue weighted by Crippen LogP contribution is -2.36. The van der Waals surface area contributed by atoms with Crippen LogP contribution in [0.5, 0.6) is 0 Å². The summed E-state index contributed by atoms with van der Waals surface area (Å²) in [6.45, 7) is 0.170. The molecule has 2 bridgehead atoms. The highest BCUT2D eigenvalue weighted by Crippen LogP contribution is 2.24. The molecule has 102 valence electrons. The van der Waals surface area contributed by atoms with Gasteiger partial charge in [0.05, 0.1) is 10.6 Å². The molecule has 0 spiro atoms. The fraction of sp³-hybridized carbons (Fsp3) is 0.133. The molecule has 5 heteroatoms. The van der Waals surface area contributed by atoms with E-state index in [-0.39, 0.29) is 18.2 Å². The summed E-state index contributed by atoms with van der Waals surface area (Å²) in [7, 11) is -3.31. The number of fused-ring (bicyclic) bond motifs is 5. The minimum absolute atomic E-state index is 0.0565. The van der Waals surface area contributed by atoms with Crippen LogP contribution in [-0.4, -0.2) is 26.6 Å². The van der Waals surface area contributed by atoms with Crippen LogP contribution in [0.4, 0.5) is 5.69 Å². The third-order valence-corrected chi connectivity index (χ3v) is 5.07. The van der Waals surface area contributed by atoms with Crippen molar-refractivity contribution in [1.29, 1.82) is 0 Å². The van der Waals surface area contributed by atoms with Crippen molar-refractivity contribution < 1.29 is 13.2 Å². The Morgan fingerprint density at radius 2 is 1.60 bits per heavy atom. The fourth-order valence-electron chi connectivity index (χ4n) is 2.25. The first kappa shape index (κ1) is 12.9. The molecule has 2 aromatic rings. The van der Waals surface area contributed by atoms with Crippen LogP contribution in [0.2, 0.25) is 0 Å². The first-order valence-electron chi connectivity index (χ1n) is 6.28. The largest absolute Gasteiger partial charge is 0.307 e. The van der Waals surface area contributed by atoms with E-state index in [9.17, 15) is 13.2 Å². The molecular weight excluding hydrogens is 274 g/mol. The van der Waals surface area contributed by atoms with Gasteiger partial charge in [0, 0.05) is 17.8 Å². The van der Waals surface area contributed by atoms with Gasteiger partial charge in [0.2, 0.25) is 0 Å². The Morgan fingerprint density at radius 1 is 0.950 bits per heavy atom. The smallest absolute Gasteiger partial charge is 0.258 e. The summed E-state index contributed by atoms with van der Waals surface area (Å²) in [4.78, 5) is 14.3. The number of carbonyl (C=O) groups excluding carboxylic acids is 1. The lowest BCUT2D eigenvalue weighted by molar-refractivity contribution is 0.0988. The maximum Gasteiger partial charge on any atom is 0.258 e. The van der Waals surface area contributed by atoms with Gasteiger partial charge in [-0.25, -0.2) is 8.42 Å². The van der Waals surface area contributed by atoms with E-state index in [1.165, 1.54) is 4.90 Å². The Balaban J connectivity index is 2.03. The lowest BCUT2D eigenvalue weighted by Gasteiger charge is -2.25. The molecular formula is C15H13NO3S. The molecule has 0 atom stereocenters. The number of benzene rings is 2. The van der Waals surface area contributed by atoms with E-state index in [0.717, 1.165) is 5.69 Å². The zero-order valence-corrected chi connectivity index (χ0v) is 11.5. The van der Waals surface area contributed by atoms with E-state index in [1.54, 1.807) is 48.5 Å². The van der Waals surface area contributed by atoms with Crippen molar-refractivity contribution in [3.05, 3.63) is 60.2 Å². The van der Waals surface area contributed by atoms with Gasteiger partial charge in [0.15, 0.2) is 9.84 Å². The highest BCUT2D eigenvalue weighted by molar-refractivity contribution is 7.91. The molecule has 0 aromatic heterocycles. The number of anilines is 1. The van der Waals surface area contributed by atoms with Crippen molar-refractivity contribution in [1.82, 2.24) is 0 Å². The standard InChI is InChI=1S/C15H13NO3S/c17-15(12-4-2-1-3-5-12)16-10-11-20(18,19)14-8-6-13(16)7-9-14/h1-9H,10-11H2. The van der Waals surface area contributed by atoms with Gasteiger partial charge in [-0.15, -0.1) is 0 Å². The molecule has 4 rings (SSSR count). The molecule has 2 aliphatic heterocycles. The lowest BCUT2D eigenvalue weighted by atomic mass is 10.2. The number of sulfone groups is 1. The topological polar surface area (TPSA) is 54.5 Å².